The molecule has 5 heterocycles. The van der Waals surface area contributed by atoms with Gasteiger partial charge in [-0.25, -0.2) is 4.98 Å². The third-order valence-electron chi connectivity index (χ3n) is 11.7. The number of imide groups is 1. The molecule has 55 heavy (non-hydrogen) atoms. The second-order valence-corrected chi connectivity index (χ2v) is 15.2. The Hall–Kier alpha value is -6.21. The Morgan fingerprint density at radius 3 is 2.44 bits per heavy atom. The van der Waals surface area contributed by atoms with Crippen LogP contribution in [0.5, 0.6) is 0 Å². The van der Waals surface area contributed by atoms with Crippen molar-refractivity contribution in [1.82, 2.24) is 35.5 Å². The molecule has 3 aromatic carbocycles. The van der Waals surface area contributed by atoms with E-state index >= 15 is 0 Å². The van der Waals surface area contributed by atoms with Crippen LogP contribution < -0.4 is 16.0 Å². The molecule has 9 rings (SSSR count). The summed E-state index contributed by atoms with van der Waals surface area (Å²) in [6.45, 7) is 8.89. The van der Waals surface area contributed by atoms with Crippen LogP contribution in [0.15, 0.2) is 77.4 Å². The summed E-state index contributed by atoms with van der Waals surface area (Å²) in [5.74, 6) is -1.01. The van der Waals surface area contributed by atoms with Crippen molar-refractivity contribution in [3.05, 3.63) is 112 Å². The molecule has 6 aromatic rings. The zero-order valence-corrected chi connectivity index (χ0v) is 30.8. The molecule has 3 aliphatic rings. The van der Waals surface area contributed by atoms with Gasteiger partial charge in [0, 0.05) is 73.5 Å². The van der Waals surface area contributed by atoms with Crippen molar-refractivity contribution in [2.24, 2.45) is 11.1 Å². The second kappa shape index (κ2) is 13.6. The number of nitrogens with two attached hydrogens (primary N) is 1. The van der Waals surface area contributed by atoms with Crippen LogP contribution >= 0.6 is 0 Å². The fourth-order valence-corrected chi connectivity index (χ4v) is 8.57. The number of H-pyrrole nitrogens is 1. The first-order valence-corrected chi connectivity index (χ1v) is 18.7. The van der Waals surface area contributed by atoms with Gasteiger partial charge in [0.15, 0.2) is 11.5 Å². The highest BCUT2D eigenvalue weighted by Crippen LogP contribution is 2.43. The first-order valence-electron chi connectivity index (χ1n) is 18.7. The van der Waals surface area contributed by atoms with E-state index in [0.29, 0.717) is 30.7 Å². The molecule has 0 saturated carbocycles. The number of amides is 3. The second-order valence-electron chi connectivity index (χ2n) is 15.2. The summed E-state index contributed by atoms with van der Waals surface area (Å²) in [4.78, 5) is 49.6. The van der Waals surface area contributed by atoms with Gasteiger partial charge in [0.05, 0.1) is 11.1 Å². The summed E-state index contributed by atoms with van der Waals surface area (Å²) >= 11 is 0. The van der Waals surface area contributed by atoms with Crippen LogP contribution in [-0.2, 0) is 28.9 Å². The monoisotopic (exact) mass is 735 g/mol. The molecular weight excluding hydrogens is 695 g/mol. The van der Waals surface area contributed by atoms with E-state index in [4.69, 9.17) is 10.3 Å². The Labute approximate surface area is 317 Å². The quantitative estimate of drug-likeness (QED) is 0.176. The highest BCUT2D eigenvalue weighted by molar-refractivity contribution is 6.06. The lowest BCUT2D eigenvalue weighted by molar-refractivity contribution is -0.128. The van der Waals surface area contributed by atoms with E-state index in [1.54, 1.807) is 0 Å². The Kier molecular flexibility index (Phi) is 8.53. The summed E-state index contributed by atoms with van der Waals surface area (Å²) in [6, 6.07) is 23.6. The molecule has 2 fully saturated rings. The number of hydrogen-bond donors (Lipinski definition) is 3. The van der Waals surface area contributed by atoms with Crippen molar-refractivity contribution in [2.75, 3.05) is 37.6 Å². The molecule has 0 unspecified atom stereocenters. The van der Waals surface area contributed by atoms with Crippen molar-refractivity contribution in [1.29, 1.82) is 0 Å². The third-order valence-corrected chi connectivity index (χ3v) is 11.7. The van der Waals surface area contributed by atoms with Gasteiger partial charge in [-0.2, -0.15) is 10.1 Å². The number of primary amides is 1. The number of nitrogens with one attached hydrogen (secondary N) is 2. The minimum Gasteiger partial charge on any atom is -0.369 e. The fraction of sp³-hybridized carbons (Fsp3) is 0.310. The van der Waals surface area contributed by atoms with Crippen LogP contribution in [0.3, 0.4) is 0 Å². The van der Waals surface area contributed by atoms with Crippen molar-refractivity contribution < 1.29 is 18.9 Å². The van der Waals surface area contributed by atoms with Crippen LogP contribution in [-0.4, -0.2) is 80.7 Å². The van der Waals surface area contributed by atoms with Crippen LogP contribution in [0, 0.1) is 12.3 Å². The number of pyridine rings is 1. The maximum absolute atomic E-state index is 12.5. The van der Waals surface area contributed by atoms with Crippen LogP contribution in [0.4, 0.5) is 5.69 Å². The zero-order chi connectivity index (χ0) is 37.8. The molecule has 0 bridgehead atoms. The van der Waals surface area contributed by atoms with Gasteiger partial charge < -0.3 is 15.2 Å². The number of carbonyl (C=O) groups is 3. The Morgan fingerprint density at radius 2 is 1.71 bits per heavy atom. The van der Waals surface area contributed by atoms with Gasteiger partial charge in [0.2, 0.25) is 11.8 Å². The summed E-state index contributed by atoms with van der Waals surface area (Å²) in [5, 5.41) is 15.1. The number of carbonyl (C=O) groups excluding carboxylic acids is 3. The van der Waals surface area contributed by atoms with E-state index in [0.717, 1.165) is 78.0 Å². The van der Waals surface area contributed by atoms with Gasteiger partial charge in [-0.1, -0.05) is 54.5 Å². The summed E-state index contributed by atoms with van der Waals surface area (Å²) in [5.41, 5.74) is 16.3. The molecule has 2 saturated heterocycles. The number of aromatic amines is 1. The predicted molar refractivity (Wildman–Crippen MR) is 206 cm³/mol. The molecule has 2 aliphatic heterocycles. The smallest absolute Gasteiger partial charge is 0.315 e. The number of hydrogen-bond acceptors (Lipinski definition) is 10. The third kappa shape index (κ3) is 6.43. The molecule has 3 aromatic heterocycles. The Balaban J connectivity index is 0.824. The van der Waals surface area contributed by atoms with E-state index in [1.165, 1.54) is 22.4 Å². The van der Waals surface area contributed by atoms with Crippen molar-refractivity contribution in [3.63, 3.8) is 0 Å². The number of aromatic nitrogens is 5. The van der Waals surface area contributed by atoms with Crippen molar-refractivity contribution in [3.8, 4) is 22.4 Å². The molecule has 4 N–H and O–H groups in total. The van der Waals surface area contributed by atoms with Crippen LogP contribution in [0.1, 0.15) is 63.6 Å². The van der Waals surface area contributed by atoms with E-state index in [9.17, 15) is 14.4 Å². The molecule has 278 valence electrons. The minimum atomic E-state index is -0.749. The van der Waals surface area contributed by atoms with Gasteiger partial charge >= 0.3 is 11.8 Å². The molecule has 2 atom stereocenters. The number of aryl methyl sites for hydroxylation is 1. The highest BCUT2D eigenvalue weighted by Gasteiger charge is 2.50. The zero-order valence-electron chi connectivity index (χ0n) is 30.8. The minimum absolute atomic E-state index is 0.113. The first kappa shape index (κ1) is 34.6. The Bertz CT molecular complexity index is 2480. The highest BCUT2D eigenvalue weighted by atomic mass is 16.5. The average molecular weight is 736 g/mol. The van der Waals surface area contributed by atoms with Gasteiger partial charge in [0.25, 0.3) is 0 Å². The van der Waals surface area contributed by atoms with Crippen molar-refractivity contribution >= 4 is 34.4 Å². The normalized spacial score (nSPS) is 19.0. The predicted octanol–water partition coefficient (Wildman–Crippen LogP) is 4.73. The molecule has 13 heteroatoms. The lowest BCUT2D eigenvalue weighted by Crippen LogP contribution is -2.47. The maximum Gasteiger partial charge on any atom is 0.315 e. The van der Waals surface area contributed by atoms with Crippen molar-refractivity contribution in [2.45, 2.75) is 45.4 Å². The topological polar surface area (TPSA) is 176 Å². The van der Waals surface area contributed by atoms with E-state index < -0.39 is 11.3 Å². The van der Waals surface area contributed by atoms with Gasteiger partial charge in [-0.3, -0.25) is 29.7 Å². The Morgan fingerprint density at radius 1 is 0.927 bits per heavy atom. The largest absolute Gasteiger partial charge is 0.369 e. The van der Waals surface area contributed by atoms with E-state index in [1.807, 2.05) is 32.2 Å². The molecule has 1 spiro atoms. The molecule has 1 aliphatic carbocycles. The summed E-state index contributed by atoms with van der Waals surface area (Å²) in [7, 11) is 0. The average Bonchev–Trinajstić information content (AvgIpc) is 3.99. The van der Waals surface area contributed by atoms with E-state index in [2.05, 4.69) is 95.0 Å². The molecule has 13 nitrogen and oxygen atoms in total. The number of piperazine rings is 1. The van der Waals surface area contributed by atoms with E-state index in [-0.39, 0.29) is 23.6 Å². The first-order chi connectivity index (χ1) is 26.6. The van der Waals surface area contributed by atoms with Gasteiger partial charge in [-0.15, -0.1) is 0 Å². The summed E-state index contributed by atoms with van der Waals surface area (Å²) < 4.78 is 5.00. The number of anilines is 1. The number of nitrogens with zero attached hydrogens (tertiary/aromatic N) is 6. The van der Waals surface area contributed by atoms with Gasteiger partial charge in [0.1, 0.15) is 0 Å². The molecule has 3 amide bonds. The number of benzene rings is 3. The lowest BCUT2D eigenvalue weighted by atomic mass is 9.83. The van der Waals surface area contributed by atoms with Crippen LogP contribution in [0.25, 0.3) is 33.4 Å². The van der Waals surface area contributed by atoms with Gasteiger partial charge in [-0.05, 0) is 83.8 Å². The SMILES string of the molecule is Cc1cc(-c2[nH]nc3ncc(-c4ccc(N5CCN(CCc6ccc7c(c6)C[C@]6(CC(=O)NC6=O)C7)CC5)cc4)cc23)ccc1[C@@H](C)c1noc(C(N)=O)n1. The summed E-state index contributed by atoms with van der Waals surface area (Å²) in [6.07, 6.45) is 4.44. The van der Waals surface area contributed by atoms with Crippen LogP contribution in [0.2, 0.25) is 0 Å². The maximum atomic E-state index is 12.5. The molecular formula is C42H41N9O4. The number of fused-ring (bicyclic) bond motifs is 2. The molecule has 0 radical (unpaired) electrons. The fourth-order valence-electron chi connectivity index (χ4n) is 8.57. The standard InChI is InChI=1S/C42H41N9O4/c1-24-17-28(7-10-33(24)25(2)38-46-40(37(43)53)55-49-38)36-34-19-31(23-44-39(34)48-47-36)27-5-8-32(9-6-27)51-15-13-50(14-16-51)12-11-26-3-4-29-20-42(21-30(29)18-26)22-35(52)45-41(42)54/h3-10,17-19,23,25H,11-16,20-22H2,1-2H3,(H2,43,53)(H,44,47,48)(H,45,52,54)/t25-,42+/m1/s1. The lowest BCUT2D eigenvalue weighted by Gasteiger charge is -2.36. The number of rotatable bonds is 9.